The molecule has 25 heavy (non-hydrogen) atoms. The van der Waals surface area contributed by atoms with Crippen molar-refractivity contribution in [1.29, 1.82) is 0 Å². The number of rotatable bonds is 6. The number of aromatic amines is 1. The second kappa shape index (κ2) is 7.21. The van der Waals surface area contributed by atoms with Crippen molar-refractivity contribution in [3.63, 3.8) is 0 Å². The minimum absolute atomic E-state index is 0.0372. The van der Waals surface area contributed by atoms with Crippen molar-refractivity contribution in [3.05, 3.63) is 59.7 Å². The normalized spacial score (nSPS) is 12.0. The first-order valence-electron chi connectivity index (χ1n) is 8.06. The Hall–Kier alpha value is -3.09. The van der Waals surface area contributed by atoms with E-state index in [1.807, 2.05) is 44.2 Å². The summed E-state index contributed by atoms with van der Waals surface area (Å²) in [6, 6.07) is 9.46. The average Bonchev–Trinajstić information content (AvgIpc) is 3.24. The Morgan fingerprint density at radius 1 is 1.40 bits per heavy atom. The van der Waals surface area contributed by atoms with Gasteiger partial charge in [0.05, 0.1) is 24.6 Å². The fourth-order valence-electron chi connectivity index (χ4n) is 2.64. The summed E-state index contributed by atoms with van der Waals surface area (Å²) < 4.78 is 6.97. The Labute approximate surface area is 146 Å². The molecule has 1 aromatic carbocycles. The number of aryl methyl sites for hydroxylation is 1. The number of methoxy groups -OCH3 is 1. The topological polar surface area (TPSA) is 84.8 Å². The number of nitrogens with zero attached hydrogens (tertiary/aromatic N) is 3. The van der Waals surface area contributed by atoms with Crippen LogP contribution in [0.4, 0.5) is 0 Å². The maximum Gasteiger partial charge on any atom is 0.254 e. The molecule has 0 aliphatic rings. The number of hydrogen-bond donors (Lipinski definition) is 2. The number of amides is 1. The summed E-state index contributed by atoms with van der Waals surface area (Å²) in [5, 5.41) is 14.3. The molecule has 2 heterocycles. The van der Waals surface area contributed by atoms with Gasteiger partial charge < -0.3 is 10.1 Å². The van der Waals surface area contributed by atoms with Crippen molar-refractivity contribution in [2.75, 3.05) is 7.11 Å². The van der Waals surface area contributed by atoms with E-state index < -0.39 is 0 Å². The quantitative estimate of drug-likeness (QED) is 0.721. The molecule has 0 saturated carbocycles. The van der Waals surface area contributed by atoms with Crippen LogP contribution in [-0.2, 0) is 6.42 Å². The summed E-state index contributed by atoms with van der Waals surface area (Å²) in [7, 11) is 1.61. The van der Waals surface area contributed by atoms with Gasteiger partial charge in [-0.05, 0) is 32.0 Å². The van der Waals surface area contributed by atoms with Crippen LogP contribution in [0, 0.1) is 6.92 Å². The van der Waals surface area contributed by atoms with Gasteiger partial charge in [0.1, 0.15) is 11.4 Å². The van der Waals surface area contributed by atoms with Crippen LogP contribution in [0.1, 0.15) is 28.7 Å². The summed E-state index contributed by atoms with van der Waals surface area (Å²) in [5.74, 6) is 0.528. The van der Waals surface area contributed by atoms with Crippen molar-refractivity contribution >= 4 is 5.91 Å². The van der Waals surface area contributed by atoms with E-state index in [1.54, 1.807) is 24.2 Å². The zero-order valence-corrected chi connectivity index (χ0v) is 14.5. The lowest BCUT2D eigenvalue weighted by Crippen LogP contribution is -2.34. The van der Waals surface area contributed by atoms with E-state index in [2.05, 4.69) is 20.6 Å². The van der Waals surface area contributed by atoms with Crippen LogP contribution in [0.25, 0.3) is 5.69 Å². The fraction of sp³-hybridized carbons (Fsp3) is 0.278. The highest BCUT2D eigenvalue weighted by Crippen LogP contribution is 2.21. The number of nitrogens with one attached hydrogen (secondary N) is 2. The molecule has 1 atom stereocenters. The highest BCUT2D eigenvalue weighted by Gasteiger charge is 2.15. The number of para-hydroxylation sites is 2. The van der Waals surface area contributed by atoms with E-state index in [-0.39, 0.29) is 11.9 Å². The molecule has 130 valence electrons. The number of benzene rings is 1. The minimum atomic E-state index is -0.166. The molecule has 0 saturated heterocycles. The average molecular weight is 339 g/mol. The zero-order chi connectivity index (χ0) is 17.8. The van der Waals surface area contributed by atoms with Gasteiger partial charge in [-0.25, -0.2) is 4.68 Å². The summed E-state index contributed by atoms with van der Waals surface area (Å²) >= 11 is 0. The molecular weight excluding hydrogens is 318 g/mol. The molecule has 0 unspecified atom stereocenters. The van der Waals surface area contributed by atoms with Crippen LogP contribution in [0.2, 0.25) is 0 Å². The van der Waals surface area contributed by atoms with Crippen LogP contribution >= 0.6 is 0 Å². The Bertz CT molecular complexity index is 868. The molecule has 2 aromatic heterocycles. The largest absolute Gasteiger partial charge is 0.494 e. The van der Waals surface area contributed by atoms with Crippen molar-refractivity contribution in [1.82, 2.24) is 25.3 Å². The number of carbonyl (C=O) groups is 1. The molecule has 0 fully saturated rings. The lowest BCUT2D eigenvalue weighted by atomic mass is 10.1. The van der Waals surface area contributed by atoms with Crippen molar-refractivity contribution in [3.8, 4) is 11.4 Å². The third-order valence-corrected chi connectivity index (χ3v) is 3.83. The van der Waals surface area contributed by atoms with E-state index in [0.29, 0.717) is 17.7 Å². The predicted molar refractivity (Wildman–Crippen MR) is 94.1 cm³/mol. The molecule has 7 heteroatoms. The van der Waals surface area contributed by atoms with E-state index in [4.69, 9.17) is 4.74 Å². The van der Waals surface area contributed by atoms with E-state index in [1.165, 1.54) is 0 Å². The molecule has 0 aliphatic heterocycles. The minimum Gasteiger partial charge on any atom is -0.494 e. The van der Waals surface area contributed by atoms with Gasteiger partial charge >= 0.3 is 0 Å². The Morgan fingerprint density at radius 3 is 2.92 bits per heavy atom. The summed E-state index contributed by atoms with van der Waals surface area (Å²) in [4.78, 5) is 12.4. The van der Waals surface area contributed by atoms with Gasteiger partial charge in [-0.2, -0.15) is 10.2 Å². The van der Waals surface area contributed by atoms with Gasteiger partial charge in [0.15, 0.2) is 0 Å². The van der Waals surface area contributed by atoms with E-state index in [9.17, 15) is 4.79 Å². The monoisotopic (exact) mass is 339 g/mol. The Morgan fingerprint density at radius 2 is 2.20 bits per heavy atom. The van der Waals surface area contributed by atoms with Crippen LogP contribution in [0.5, 0.6) is 5.75 Å². The molecular formula is C18H21N5O2. The van der Waals surface area contributed by atoms with Crippen molar-refractivity contribution < 1.29 is 9.53 Å². The molecule has 3 rings (SSSR count). The van der Waals surface area contributed by atoms with Gasteiger partial charge in [-0.1, -0.05) is 12.1 Å². The first kappa shape index (κ1) is 16.8. The Kier molecular flexibility index (Phi) is 4.83. The highest BCUT2D eigenvalue weighted by molar-refractivity contribution is 5.94. The van der Waals surface area contributed by atoms with Gasteiger partial charge in [0.2, 0.25) is 0 Å². The second-order valence-corrected chi connectivity index (χ2v) is 5.97. The number of H-pyrrole nitrogens is 1. The molecule has 1 amide bonds. The molecule has 2 N–H and O–H groups in total. The molecule has 0 radical (unpaired) electrons. The number of aromatic nitrogens is 4. The van der Waals surface area contributed by atoms with Gasteiger partial charge in [-0.3, -0.25) is 9.89 Å². The third kappa shape index (κ3) is 3.88. The van der Waals surface area contributed by atoms with Crippen LogP contribution < -0.4 is 10.1 Å². The summed E-state index contributed by atoms with van der Waals surface area (Å²) in [6.45, 7) is 3.90. The summed E-state index contributed by atoms with van der Waals surface area (Å²) in [6.07, 6.45) is 3.91. The number of hydrogen-bond acceptors (Lipinski definition) is 4. The van der Waals surface area contributed by atoms with Gasteiger partial charge in [-0.15, -0.1) is 0 Å². The van der Waals surface area contributed by atoms with Crippen LogP contribution in [-0.4, -0.2) is 39.0 Å². The summed E-state index contributed by atoms with van der Waals surface area (Å²) in [5.41, 5.74) is 3.21. The highest BCUT2D eigenvalue weighted by atomic mass is 16.5. The first-order valence-corrected chi connectivity index (χ1v) is 8.06. The molecule has 0 bridgehead atoms. The van der Waals surface area contributed by atoms with E-state index >= 15 is 0 Å². The zero-order valence-electron chi connectivity index (χ0n) is 14.5. The second-order valence-electron chi connectivity index (χ2n) is 5.97. The maximum atomic E-state index is 12.4. The number of ether oxygens (including phenoxy) is 1. The number of carbonyl (C=O) groups excluding carboxylic acids is 1. The SMILES string of the molecule is COc1ccccc1-n1cc(C(=O)N[C@@H](C)Cc2cc(C)[nH]n2)cn1. The van der Waals surface area contributed by atoms with Crippen LogP contribution in [0.15, 0.2) is 42.7 Å². The lowest BCUT2D eigenvalue weighted by Gasteiger charge is -2.11. The Balaban J connectivity index is 1.68. The van der Waals surface area contributed by atoms with E-state index in [0.717, 1.165) is 17.1 Å². The molecule has 7 nitrogen and oxygen atoms in total. The van der Waals surface area contributed by atoms with Crippen molar-refractivity contribution in [2.24, 2.45) is 0 Å². The van der Waals surface area contributed by atoms with Gasteiger partial charge in [0, 0.05) is 24.4 Å². The maximum absolute atomic E-state index is 12.4. The molecule has 0 spiro atoms. The standard InChI is InChI=1S/C18H21N5O2/c1-12(8-15-9-13(2)21-22-15)20-18(24)14-10-19-23(11-14)16-6-4-5-7-17(16)25-3/h4-7,9-12H,8H2,1-3H3,(H,20,24)(H,21,22)/t12-/m0/s1. The first-order chi connectivity index (χ1) is 12.1. The third-order valence-electron chi connectivity index (χ3n) is 3.83. The van der Waals surface area contributed by atoms with Crippen molar-refractivity contribution in [2.45, 2.75) is 26.3 Å². The molecule has 3 aromatic rings. The lowest BCUT2D eigenvalue weighted by molar-refractivity contribution is 0.0940. The molecule has 0 aliphatic carbocycles. The smallest absolute Gasteiger partial charge is 0.254 e. The fourth-order valence-corrected chi connectivity index (χ4v) is 2.64. The van der Waals surface area contributed by atoms with Crippen LogP contribution in [0.3, 0.4) is 0 Å². The van der Waals surface area contributed by atoms with Gasteiger partial charge in [0.25, 0.3) is 5.91 Å². The predicted octanol–water partition coefficient (Wildman–Crippen LogP) is 2.27.